The van der Waals surface area contributed by atoms with Crippen molar-refractivity contribution in [2.75, 3.05) is 23.8 Å². The first kappa shape index (κ1) is 15.7. The van der Waals surface area contributed by atoms with E-state index in [0.717, 1.165) is 5.56 Å². The summed E-state index contributed by atoms with van der Waals surface area (Å²) in [5, 5.41) is 5.26. The Morgan fingerprint density at radius 2 is 1.82 bits per heavy atom. The van der Waals surface area contributed by atoms with Crippen LogP contribution < -0.4 is 10.6 Å². The van der Waals surface area contributed by atoms with Crippen LogP contribution in [0.2, 0.25) is 0 Å². The number of aromatic nitrogens is 1. The van der Waals surface area contributed by atoms with Crippen molar-refractivity contribution in [1.82, 2.24) is 4.98 Å². The average Bonchev–Trinajstić information content (AvgIpc) is 2.48. The van der Waals surface area contributed by atoms with Crippen LogP contribution in [0.5, 0.6) is 0 Å². The van der Waals surface area contributed by atoms with Gasteiger partial charge in [0, 0.05) is 11.9 Å². The smallest absolute Gasteiger partial charge is 0.251 e. The fourth-order valence-electron chi connectivity index (χ4n) is 1.77. The van der Waals surface area contributed by atoms with Crippen LogP contribution in [0.25, 0.3) is 0 Å². The molecule has 0 aliphatic rings. The summed E-state index contributed by atoms with van der Waals surface area (Å²) in [7, 11) is 0. The summed E-state index contributed by atoms with van der Waals surface area (Å²) in [6.45, 7) is 1.54. The summed E-state index contributed by atoms with van der Waals surface area (Å²) in [6.07, 6.45) is 1.58. The van der Waals surface area contributed by atoms with Gasteiger partial charge in [0.1, 0.15) is 19.0 Å². The summed E-state index contributed by atoms with van der Waals surface area (Å²) >= 11 is 0. The Hall–Kier alpha value is -2.73. The Morgan fingerprint density at radius 3 is 2.50 bits per heavy atom. The van der Waals surface area contributed by atoms with Crippen molar-refractivity contribution >= 4 is 23.3 Å². The molecule has 2 N–H and O–H groups in total. The first-order chi connectivity index (χ1) is 10.6. The molecule has 0 aliphatic carbocycles. The molecular weight excluding hydrogens is 282 g/mol. The fraction of sp³-hybridized carbons (Fsp3) is 0.188. The van der Waals surface area contributed by atoms with Gasteiger partial charge in [-0.2, -0.15) is 0 Å². The number of rotatable bonds is 6. The highest BCUT2D eigenvalue weighted by atomic mass is 16.5. The number of carbonyl (C=O) groups excluding carboxylic acids is 2. The van der Waals surface area contributed by atoms with Gasteiger partial charge in [-0.3, -0.25) is 9.59 Å². The molecule has 0 radical (unpaired) electrons. The number of ether oxygens (including phenoxy) is 1. The molecule has 6 nitrogen and oxygen atoms in total. The lowest BCUT2D eigenvalue weighted by Crippen LogP contribution is -2.24. The molecular formula is C16H17N3O3. The van der Waals surface area contributed by atoms with E-state index in [9.17, 15) is 9.59 Å². The maximum atomic E-state index is 11.7. The van der Waals surface area contributed by atoms with Crippen LogP contribution in [0.15, 0.2) is 48.7 Å². The number of hydrogen-bond donors (Lipinski definition) is 2. The molecule has 0 spiro atoms. The number of benzene rings is 1. The maximum Gasteiger partial charge on any atom is 0.251 e. The van der Waals surface area contributed by atoms with Gasteiger partial charge in [0.25, 0.3) is 5.91 Å². The molecule has 1 aromatic heterocycles. The normalized spacial score (nSPS) is 10.0. The average molecular weight is 299 g/mol. The Morgan fingerprint density at radius 1 is 1.05 bits per heavy atom. The second kappa shape index (κ2) is 7.90. The minimum absolute atomic E-state index is 0.191. The minimum atomic E-state index is -0.359. The highest BCUT2D eigenvalue weighted by molar-refractivity contribution is 5.93. The molecule has 6 heteroatoms. The molecule has 0 atom stereocenters. The third kappa shape index (κ3) is 5.34. The zero-order valence-corrected chi connectivity index (χ0v) is 12.2. The monoisotopic (exact) mass is 299 g/mol. The Balaban J connectivity index is 1.69. The SMILES string of the molecule is Cc1cccc(NC(=O)COCC(=O)Nc2ccccn2)c1. The van der Waals surface area contributed by atoms with Crippen LogP contribution in [0.3, 0.4) is 0 Å². The molecule has 1 heterocycles. The Labute approximate surface area is 128 Å². The van der Waals surface area contributed by atoms with E-state index in [1.165, 1.54) is 0 Å². The molecule has 0 bridgehead atoms. The van der Waals surface area contributed by atoms with Gasteiger partial charge in [0.2, 0.25) is 5.91 Å². The summed E-state index contributed by atoms with van der Waals surface area (Å²) < 4.78 is 5.08. The van der Waals surface area contributed by atoms with Gasteiger partial charge in [-0.1, -0.05) is 18.2 Å². The lowest BCUT2D eigenvalue weighted by atomic mass is 10.2. The third-order valence-electron chi connectivity index (χ3n) is 2.70. The molecule has 0 saturated heterocycles. The van der Waals surface area contributed by atoms with Crippen molar-refractivity contribution < 1.29 is 14.3 Å². The van der Waals surface area contributed by atoms with Gasteiger partial charge in [-0.25, -0.2) is 4.98 Å². The summed E-state index contributed by atoms with van der Waals surface area (Å²) in [6, 6.07) is 12.6. The number of nitrogens with zero attached hydrogens (tertiary/aromatic N) is 1. The van der Waals surface area contributed by atoms with Crippen molar-refractivity contribution in [3.63, 3.8) is 0 Å². The van der Waals surface area contributed by atoms with E-state index in [0.29, 0.717) is 11.5 Å². The predicted molar refractivity (Wildman–Crippen MR) is 83.5 cm³/mol. The summed E-state index contributed by atoms with van der Waals surface area (Å²) in [5.41, 5.74) is 1.75. The van der Waals surface area contributed by atoms with Gasteiger partial charge in [-0.15, -0.1) is 0 Å². The summed E-state index contributed by atoms with van der Waals surface area (Å²) in [4.78, 5) is 27.2. The lowest BCUT2D eigenvalue weighted by molar-refractivity contribution is -0.125. The van der Waals surface area contributed by atoms with Crippen molar-refractivity contribution in [2.24, 2.45) is 0 Å². The minimum Gasteiger partial charge on any atom is -0.362 e. The number of amides is 2. The molecule has 2 amide bonds. The van der Waals surface area contributed by atoms with Crippen LogP contribution >= 0.6 is 0 Å². The van der Waals surface area contributed by atoms with Crippen molar-refractivity contribution in [3.05, 3.63) is 54.2 Å². The highest BCUT2D eigenvalue weighted by Gasteiger charge is 2.06. The highest BCUT2D eigenvalue weighted by Crippen LogP contribution is 2.09. The van der Waals surface area contributed by atoms with E-state index in [2.05, 4.69) is 15.6 Å². The quantitative estimate of drug-likeness (QED) is 0.854. The van der Waals surface area contributed by atoms with Gasteiger partial charge in [-0.05, 0) is 36.8 Å². The first-order valence-corrected chi connectivity index (χ1v) is 6.78. The van der Waals surface area contributed by atoms with Crippen LogP contribution in [0, 0.1) is 6.92 Å². The van der Waals surface area contributed by atoms with Crippen molar-refractivity contribution in [3.8, 4) is 0 Å². The number of pyridine rings is 1. The molecule has 0 saturated carbocycles. The molecule has 2 aromatic rings. The topological polar surface area (TPSA) is 80.3 Å². The van der Waals surface area contributed by atoms with Gasteiger partial charge in [0.15, 0.2) is 0 Å². The molecule has 1 aromatic carbocycles. The third-order valence-corrected chi connectivity index (χ3v) is 2.70. The molecule has 0 fully saturated rings. The van der Waals surface area contributed by atoms with Crippen LogP contribution in [0.4, 0.5) is 11.5 Å². The van der Waals surface area contributed by atoms with Crippen LogP contribution in [-0.4, -0.2) is 30.0 Å². The van der Waals surface area contributed by atoms with E-state index < -0.39 is 0 Å². The van der Waals surface area contributed by atoms with Crippen LogP contribution in [0.1, 0.15) is 5.56 Å². The predicted octanol–water partition coefficient (Wildman–Crippen LogP) is 1.98. The van der Waals surface area contributed by atoms with E-state index >= 15 is 0 Å². The Bertz CT molecular complexity index is 644. The first-order valence-electron chi connectivity index (χ1n) is 6.78. The van der Waals surface area contributed by atoms with E-state index in [-0.39, 0.29) is 25.0 Å². The maximum absolute atomic E-state index is 11.7. The number of anilines is 2. The van der Waals surface area contributed by atoms with Crippen molar-refractivity contribution in [2.45, 2.75) is 6.92 Å². The zero-order valence-electron chi connectivity index (χ0n) is 12.2. The molecule has 0 aliphatic heterocycles. The Kier molecular flexibility index (Phi) is 5.62. The van der Waals surface area contributed by atoms with E-state index in [1.807, 2.05) is 25.1 Å². The van der Waals surface area contributed by atoms with Crippen LogP contribution in [-0.2, 0) is 14.3 Å². The van der Waals surface area contributed by atoms with Gasteiger partial charge >= 0.3 is 0 Å². The largest absolute Gasteiger partial charge is 0.362 e. The van der Waals surface area contributed by atoms with Crippen molar-refractivity contribution in [1.29, 1.82) is 0 Å². The fourth-order valence-corrected chi connectivity index (χ4v) is 1.77. The van der Waals surface area contributed by atoms with E-state index in [1.54, 1.807) is 30.5 Å². The van der Waals surface area contributed by atoms with E-state index in [4.69, 9.17) is 4.74 Å². The second-order valence-corrected chi connectivity index (χ2v) is 4.67. The lowest BCUT2D eigenvalue weighted by Gasteiger charge is -2.07. The van der Waals surface area contributed by atoms with Gasteiger partial charge in [0.05, 0.1) is 0 Å². The summed E-state index contributed by atoms with van der Waals surface area (Å²) in [5.74, 6) is -0.224. The standard InChI is InChI=1S/C16H17N3O3/c1-12-5-4-6-13(9-12)18-15(20)10-22-11-16(21)19-14-7-2-3-8-17-14/h2-9H,10-11H2,1H3,(H,18,20)(H,17,19,21). The second-order valence-electron chi connectivity index (χ2n) is 4.67. The molecule has 0 unspecified atom stereocenters. The van der Waals surface area contributed by atoms with Gasteiger partial charge < -0.3 is 15.4 Å². The molecule has 22 heavy (non-hydrogen) atoms. The number of nitrogens with one attached hydrogen (secondary N) is 2. The molecule has 114 valence electrons. The zero-order chi connectivity index (χ0) is 15.8. The number of carbonyl (C=O) groups is 2. The number of hydrogen-bond acceptors (Lipinski definition) is 4. The molecule has 2 rings (SSSR count). The number of aryl methyl sites for hydroxylation is 1.